The first-order valence-corrected chi connectivity index (χ1v) is 13.7. The first-order chi connectivity index (χ1) is 17.9. The molecule has 2 aromatic heterocycles. The number of nitrogens with one attached hydrogen (secondary N) is 3. The van der Waals surface area contributed by atoms with Gasteiger partial charge >= 0.3 is 0 Å². The monoisotopic (exact) mass is 546 g/mol. The van der Waals surface area contributed by atoms with Crippen LogP contribution in [0.15, 0.2) is 24.5 Å². The summed E-state index contributed by atoms with van der Waals surface area (Å²) in [5.41, 5.74) is 1.87. The zero-order chi connectivity index (χ0) is 26.3. The van der Waals surface area contributed by atoms with Gasteiger partial charge in [-0.2, -0.15) is 5.26 Å². The van der Waals surface area contributed by atoms with Crippen LogP contribution in [0.2, 0.25) is 10.2 Å². The van der Waals surface area contributed by atoms with Crippen molar-refractivity contribution in [1.82, 2.24) is 15.3 Å². The van der Waals surface area contributed by atoms with Gasteiger partial charge in [0.25, 0.3) is 0 Å². The average molecular weight is 548 g/mol. The van der Waals surface area contributed by atoms with Gasteiger partial charge in [-0.1, -0.05) is 23.2 Å². The largest absolute Gasteiger partial charge is 0.383 e. The van der Waals surface area contributed by atoms with E-state index in [1.165, 1.54) is 0 Å². The molecule has 37 heavy (non-hydrogen) atoms. The Morgan fingerprint density at radius 3 is 2.57 bits per heavy atom. The van der Waals surface area contributed by atoms with E-state index in [-0.39, 0.29) is 0 Å². The van der Waals surface area contributed by atoms with Crippen LogP contribution in [0, 0.1) is 16.7 Å². The van der Waals surface area contributed by atoms with Gasteiger partial charge in [0.05, 0.1) is 28.8 Å². The van der Waals surface area contributed by atoms with Gasteiger partial charge in [-0.15, -0.1) is 0 Å². The van der Waals surface area contributed by atoms with Crippen LogP contribution in [0.1, 0.15) is 45.4 Å². The highest BCUT2D eigenvalue weighted by atomic mass is 35.5. The number of nitrogens with zero attached hydrogens (tertiary/aromatic N) is 3. The predicted octanol–water partition coefficient (Wildman–Crippen LogP) is 5.53. The van der Waals surface area contributed by atoms with Crippen molar-refractivity contribution in [2.45, 2.75) is 63.6 Å². The Morgan fingerprint density at radius 1 is 1.14 bits per heavy atom. The number of rotatable bonds is 10. The molecule has 1 saturated carbocycles. The summed E-state index contributed by atoms with van der Waals surface area (Å²) < 4.78 is 10.7. The molecule has 0 bridgehead atoms. The highest BCUT2D eigenvalue weighted by Crippen LogP contribution is 2.35. The van der Waals surface area contributed by atoms with Gasteiger partial charge in [-0.05, 0) is 57.6 Å². The third kappa shape index (κ3) is 7.46. The Kier molecular flexibility index (Phi) is 9.85. The topological polar surface area (TPSA) is 104 Å². The van der Waals surface area contributed by atoms with E-state index in [0.29, 0.717) is 66.6 Å². The summed E-state index contributed by atoms with van der Waals surface area (Å²) in [6.07, 6.45) is 9.13. The second-order valence-electron chi connectivity index (χ2n) is 10.2. The van der Waals surface area contributed by atoms with E-state index >= 15 is 0 Å². The van der Waals surface area contributed by atoms with Crippen LogP contribution in [0.25, 0.3) is 11.1 Å². The number of methoxy groups -OCH3 is 1. The molecule has 4 rings (SSSR count). The zero-order valence-corrected chi connectivity index (χ0v) is 23.0. The van der Waals surface area contributed by atoms with Crippen molar-refractivity contribution in [3.8, 4) is 17.2 Å². The van der Waals surface area contributed by atoms with Gasteiger partial charge in [-0.25, -0.2) is 9.97 Å². The van der Waals surface area contributed by atoms with Gasteiger partial charge in [0.1, 0.15) is 5.82 Å². The van der Waals surface area contributed by atoms with E-state index in [0.717, 1.165) is 49.2 Å². The van der Waals surface area contributed by atoms with Crippen molar-refractivity contribution in [2.24, 2.45) is 5.41 Å². The van der Waals surface area contributed by atoms with Crippen molar-refractivity contribution in [3.05, 3.63) is 34.7 Å². The smallest absolute Gasteiger partial charge is 0.152 e. The van der Waals surface area contributed by atoms with E-state index in [9.17, 15) is 5.26 Å². The number of nitriles is 1. The van der Waals surface area contributed by atoms with Gasteiger partial charge in [0.15, 0.2) is 5.15 Å². The van der Waals surface area contributed by atoms with E-state index in [1.54, 1.807) is 19.5 Å². The average Bonchev–Trinajstić information content (AvgIpc) is 2.91. The lowest BCUT2D eigenvalue weighted by atomic mass is 9.81. The fourth-order valence-electron chi connectivity index (χ4n) is 5.13. The lowest BCUT2D eigenvalue weighted by Crippen LogP contribution is -2.42. The molecule has 1 atom stereocenters. The molecule has 2 aromatic rings. The van der Waals surface area contributed by atoms with Crippen molar-refractivity contribution in [3.63, 3.8) is 0 Å². The number of hydrogen-bond donors (Lipinski definition) is 3. The summed E-state index contributed by atoms with van der Waals surface area (Å²) >= 11 is 13.0. The third-order valence-electron chi connectivity index (χ3n) is 7.33. The normalized spacial score (nSPS) is 22.1. The standard InChI is InChI=1S/C27H36Cl2N6O2/c1-18(15-36-2)34-20-3-5-21(6-4-20)35-25-12-22(23(28)14-31-25)19-11-24(26(29)32-13-19)33-17-27(16-30)7-9-37-10-8-27/h11-14,18,20-21,33-34H,3-10,15,17H2,1-2H3,(H,31,35)/t18-,20-,21-/m0/s1. The molecule has 1 aliphatic carbocycles. The molecule has 0 unspecified atom stereocenters. The summed E-state index contributed by atoms with van der Waals surface area (Å²) in [4.78, 5) is 8.90. The highest BCUT2D eigenvalue weighted by molar-refractivity contribution is 6.33. The fourth-order valence-corrected chi connectivity index (χ4v) is 5.51. The summed E-state index contributed by atoms with van der Waals surface area (Å²) in [7, 11) is 1.74. The summed E-state index contributed by atoms with van der Waals surface area (Å²) in [6, 6.07) is 7.61. The van der Waals surface area contributed by atoms with Crippen LogP contribution in [-0.4, -0.2) is 61.6 Å². The number of hydrogen-bond acceptors (Lipinski definition) is 8. The molecule has 10 heteroatoms. The Balaban J connectivity index is 1.41. The van der Waals surface area contributed by atoms with Crippen molar-refractivity contribution in [2.75, 3.05) is 44.1 Å². The van der Waals surface area contributed by atoms with Crippen molar-refractivity contribution in [1.29, 1.82) is 5.26 Å². The molecule has 1 saturated heterocycles. The molecular weight excluding hydrogens is 511 g/mol. The zero-order valence-electron chi connectivity index (χ0n) is 21.5. The summed E-state index contributed by atoms with van der Waals surface area (Å²) in [5, 5.41) is 21.3. The Hall–Kier alpha value is -2.15. The molecule has 0 spiro atoms. The molecule has 3 heterocycles. The molecule has 2 aliphatic rings. The van der Waals surface area contributed by atoms with E-state index in [4.69, 9.17) is 32.7 Å². The molecule has 0 radical (unpaired) electrons. The van der Waals surface area contributed by atoms with Crippen LogP contribution < -0.4 is 16.0 Å². The van der Waals surface area contributed by atoms with Crippen LogP contribution in [0.4, 0.5) is 11.5 Å². The van der Waals surface area contributed by atoms with E-state index in [1.807, 2.05) is 12.1 Å². The van der Waals surface area contributed by atoms with Gasteiger partial charge in [0.2, 0.25) is 0 Å². The number of aromatic nitrogens is 2. The van der Waals surface area contributed by atoms with Crippen LogP contribution in [-0.2, 0) is 9.47 Å². The van der Waals surface area contributed by atoms with Crippen molar-refractivity contribution >= 4 is 34.7 Å². The minimum atomic E-state index is -0.473. The molecule has 200 valence electrons. The summed E-state index contributed by atoms with van der Waals surface area (Å²) in [6.45, 7) is 4.55. The van der Waals surface area contributed by atoms with Crippen molar-refractivity contribution < 1.29 is 9.47 Å². The van der Waals surface area contributed by atoms with Gasteiger partial charge < -0.3 is 25.4 Å². The Labute approximate surface area is 229 Å². The molecule has 0 amide bonds. The molecule has 8 nitrogen and oxygen atoms in total. The minimum absolute atomic E-state index is 0.356. The number of halogens is 2. The Bertz CT molecular complexity index is 1080. The number of anilines is 2. The maximum absolute atomic E-state index is 9.76. The molecular formula is C27H36Cl2N6O2. The second kappa shape index (κ2) is 13.1. The second-order valence-corrected chi connectivity index (χ2v) is 11.0. The van der Waals surface area contributed by atoms with E-state index in [2.05, 4.69) is 38.9 Å². The highest BCUT2D eigenvalue weighted by Gasteiger charge is 2.32. The minimum Gasteiger partial charge on any atom is -0.383 e. The number of pyridine rings is 2. The first kappa shape index (κ1) is 27.9. The molecule has 0 aromatic carbocycles. The maximum atomic E-state index is 9.76. The van der Waals surface area contributed by atoms with Crippen LogP contribution >= 0.6 is 23.2 Å². The quantitative estimate of drug-likeness (QED) is 0.334. The lowest BCUT2D eigenvalue weighted by Gasteiger charge is -2.32. The fraction of sp³-hybridized carbons (Fsp3) is 0.593. The molecule has 3 N–H and O–H groups in total. The van der Waals surface area contributed by atoms with E-state index < -0.39 is 5.41 Å². The molecule has 2 fully saturated rings. The van der Waals surface area contributed by atoms with Gasteiger partial charge in [-0.3, -0.25) is 0 Å². The molecule has 1 aliphatic heterocycles. The first-order valence-electron chi connectivity index (χ1n) is 13.0. The Morgan fingerprint density at radius 2 is 1.86 bits per heavy atom. The third-order valence-corrected chi connectivity index (χ3v) is 7.93. The number of ether oxygens (including phenoxy) is 2. The van der Waals surface area contributed by atoms with Crippen LogP contribution in [0.5, 0.6) is 0 Å². The maximum Gasteiger partial charge on any atom is 0.152 e. The van der Waals surface area contributed by atoms with Gasteiger partial charge in [0, 0.05) is 68.5 Å². The van der Waals surface area contributed by atoms with Crippen LogP contribution in [0.3, 0.4) is 0 Å². The summed E-state index contributed by atoms with van der Waals surface area (Å²) in [5.74, 6) is 0.790. The SMILES string of the molecule is COC[C@H](C)N[C@H]1CC[C@H](Nc2cc(-c3cnc(Cl)c(NCC4(C#N)CCOCC4)c3)c(Cl)cn2)CC1. The lowest BCUT2D eigenvalue weighted by molar-refractivity contribution is 0.0456. The predicted molar refractivity (Wildman–Crippen MR) is 148 cm³/mol.